The Labute approximate surface area is 79.8 Å². The molecular formula is C10H18N2O. The van der Waals surface area contributed by atoms with Gasteiger partial charge in [-0.05, 0) is 18.4 Å². The molecule has 0 aromatic heterocycles. The van der Waals surface area contributed by atoms with E-state index in [4.69, 9.17) is 0 Å². The molecule has 0 aromatic carbocycles. The molecule has 0 spiro atoms. The second-order valence-electron chi connectivity index (χ2n) is 3.46. The minimum Gasteiger partial charge on any atom is -0.331 e. The van der Waals surface area contributed by atoms with Gasteiger partial charge < -0.3 is 10.2 Å². The van der Waals surface area contributed by atoms with Gasteiger partial charge in [-0.2, -0.15) is 0 Å². The van der Waals surface area contributed by atoms with Crippen molar-refractivity contribution in [3.8, 4) is 0 Å². The Morgan fingerprint density at radius 1 is 1.54 bits per heavy atom. The van der Waals surface area contributed by atoms with Crippen LogP contribution in [0.3, 0.4) is 0 Å². The molecule has 0 saturated carbocycles. The van der Waals surface area contributed by atoms with Crippen molar-refractivity contribution in [3.63, 3.8) is 0 Å². The minimum atomic E-state index is 0.00986. The summed E-state index contributed by atoms with van der Waals surface area (Å²) in [5, 5.41) is 2.99. The number of carbonyl (C=O) groups is 1. The Balaban J connectivity index is 2.73. The van der Waals surface area contributed by atoms with Crippen LogP contribution in [0, 0.1) is 0 Å². The molecule has 0 bridgehead atoms. The van der Waals surface area contributed by atoms with E-state index in [1.165, 1.54) is 5.57 Å². The number of hydrogen-bond donors (Lipinski definition) is 1. The van der Waals surface area contributed by atoms with Gasteiger partial charge in [-0.1, -0.05) is 20.3 Å². The maximum absolute atomic E-state index is 11.3. The second-order valence-corrected chi connectivity index (χ2v) is 3.46. The summed E-state index contributed by atoms with van der Waals surface area (Å²) in [6, 6.07) is 0.273. The number of rotatable bonds is 3. The van der Waals surface area contributed by atoms with Crippen molar-refractivity contribution in [2.75, 3.05) is 7.05 Å². The van der Waals surface area contributed by atoms with Crippen LogP contribution in [0.2, 0.25) is 0 Å². The van der Waals surface area contributed by atoms with E-state index in [2.05, 4.69) is 19.2 Å². The lowest BCUT2D eigenvalue weighted by molar-refractivity contribution is 0.214. The first kappa shape index (κ1) is 10.1. The summed E-state index contributed by atoms with van der Waals surface area (Å²) in [6.45, 7) is 4.26. The van der Waals surface area contributed by atoms with E-state index in [0.29, 0.717) is 0 Å². The molecular weight excluding hydrogens is 164 g/mol. The van der Waals surface area contributed by atoms with E-state index in [-0.39, 0.29) is 12.1 Å². The van der Waals surface area contributed by atoms with Crippen LogP contribution in [0.1, 0.15) is 33.1 Å². The fourth-order valence-electron chi connectivity index (χ4n) is 1.62. The van der Waals surface area contributed by atoms with Gasteiger partial charge in [0, 0.05) is 13.2 Å². The lowest BCUT2D eigenvalue weighted by atomic mass is 10.00. The quantitative estimate of drug-likeness (QED) is 0.712. The van der Waals surface area contributed by atoms with Crippen LogP contribution < -0.4 is 5.32 Å². The molecule has 1 N–H and O–H groups in total. The van der Waals surface area contributed by atoms with Crippen molar-refractivity contribution in [3.05, 3.63) is 11.8 Å². The first-order chi connectivity index (χ1) is 6.19. The maximum Gasteiger partial charge on any atom is 0.321 e. The molecule has 0 aliphatic carbocycles. The van der Waals surface area contributed by atoms with E-state index in [1.807, 2.05) is 6.20 Å². The van der Waals surface area contributed by atoms with Gasteiger partial charge in [0.25, 0.3) is 0 Å². The van der Waals surface area contributed by atoms with Gasteiger partial charge in [0.1, 0.15) is 0 Å². The molecule has 1 atom stereocenters. The SMILES string of the molecule is CCCC1NC(=O)N(C)C=C1CC. The monoisotopic (exact) mass is 182 g/mol. The summed E-state index contributed by atoms with van der Waals surface area (Å²) in [4.78, 5) is 12.9. The van der Waals surface area contributed by atoms with Gasteiger partial charge in [0.2, 0.25) is 0 Å². The molecule has 2 amide bonds. The van der Waals surface area contributed by atoms with Gasteiger partial charge >= 0.3 is 6.03 Å². The summed E-state index contributed by atoms with van der Waals surface area (Å²) in [7, 11) is 1.78. The number of urea groups is 1. The highest BCUT2D eigenvalue weighted by Crippen LogP contribution is 2.17. The smallest absolute Gasteiger partial charge is 0.321 e. The molecule has 3 heteroatoms. The summed E-state index contributed by atoms with van der Waals surface area (Å²) in [5.41, 5.74) is 1.32. The van der Waals surface area contributed by atoms with Crippen LogP contribution >= 0.6 is 0 Å². The van der Waals surface area contributed by atoms with E-state index >= 15 is 0 Å². The molecule has 74 valence electrons. The number of carbonyl (C=O) groups excluding carboxylic acids is 1. The Kier molecular flexibility index (Phi) is 3.34. The normalized spacial score (nSPS) is 22.7. The van der Waals surface area contributed by atoms with Gasteiger partial charge in [-0.3, -0.25) is 0 Å². The molecule has 1 rings (SSSR count). The zero-order chi connectivity index (χ0) is 9.84. The van der Waals surface area contributed by atoms with Crippen LogP contribution in [-0.4, -0.2) is 24.0 Å². The van der Waals surface area contributed by atoms with E-state index in [1.54, 1.807) is 11.9 Å². The molecule has 1 aliphatic rings. The molecule has 0 aromatic rings. The third kappa shape index (κ3) is 2.23. The van der Waals surface area contributed by atoms with Crippen molar-refractivity contribution in [1.82, 2.24) is 10.2 Å². The van der Waals surface area contributed by atoms with Crippen molar-refractivity contribution < 1.29 is 4.79 Å². The Morgan fingerprint density at radius 3 is 2.77 bits per heavy atom. The predicted molar refractivity (Wildman–Crippen MR) is 53.4 cm³/mol. The molecule has 0 radical (unpaired) electrons. The minimum absolute atomic E-state index is 0.00986. The molecule has 1 heterocycles. The van der Waals surface area contributed by atoms with Crippen molar-refractivity contribution in [1.29, 1.82) is 0 Å². The lowest BCUT2D eigenvalue weighted by Crippen LogP contribution is -2.46. The number of hydrogen-bond acceptors (Lipinski definition) is 1. The second kappa shape index (κ2) is 4.30. The van der Waals surface area contributed by atoms with Gasteiger partial charge in [-0.25, -0.2) is 4.79 Å². The number of amides is 2. The number of nitrogens with zero attached hydrogens (tertiary/aromatic N) is 1. The molecule has 1 unspecified atom stereocenters. The third-order valence-corrected chi connectivity index (χ3v) is 2.41. The van der Waals surface area contributed by atoms with Crippen LogP contribution in [0.25, 0.3) is 0 Å². The van der Waals surface area contributed by atoms with Gasteiger partial charge in [-0.15, -0.1) is 0 Å². The fraction of sp³-hybridized carbons (Fsp3) is 0.700. The highest BCUT2D eigenvalue weighted by Gasteiger charge is 2.22. The van der Waals surface area contributed by atoms with Crippen molar-refractivity contribution >= 4 is 6.03 Å². The molecule has 1 aliphatic heterocycles. The predicted octanol–water partition coefficient (Wildman–Crippen LogP) is 2.10. The first-order valence-corrected chi connectivity index (χ1v) is 4.93. The zero-order valence-electron chi connectivity index (χ0n) is 8.63. The van der Waals surface area contributed by atoms with Crippen LogP contribution in [0.5, 0.6) is 0 Å². The highest BCUT2D eigenvalue weighted by atomic mass is 16.2. The van der Waals surface area contributed by atoms with Crippen LogP contribution in [0.15, 0.2) is 11.8 Å². The van der Waals surface area contributed by atoms with E-state index < -0.39 is 0 Å². The largest absolute Gasteiger partial charge is 0.331 e. The maximum atomic E-state index is 11.3. The topological polar surface area (TPSA) is 32.3 Å². The highest BCUT2D eigenvalue weighted by molar-refractivity contribution is 5.77. The number of nitrogens with one attached hydrogen (secondary N) is 1. The third-order valence-electron chi connectivity index (χ3n) is 2.41. The average molecular weight is 182 g/mol. The Morgan fingerprint density at radius 2 is 2.23 bits per heavy atom. The van der Waals surface area contributed by atoms with Gasteiger partial charge in [0.15, 0.2) is 0 Å². The van der Waals surface area contributed by atoms with E-state index in [9.17, 15) is 4.79 Å². The Bertz CT molecular complexity index is 223. The summed E-state index contributed by atoms with van der Waals surface area (Å²) >= 11 is 0. The molecule has 0 saturated heterocycles. The lowest BCUT2D eigenvalue weighted by Gasteiger charge is -2.29. The molecule has 3 nitrogen and oxygen atoms in total. The first-order valence-electron chi connectivity index (χ1n) is 4.93. The van der Waals surface area contributed by atoms with Crippen LogP contribution in [-0.2, 0) is 0 Å². The standard InChI is InChI=1S/C10H18N2O/c1-4-6-9-8(5-2)7-12(3)10(13)11-9/h7,9H,4-6H2,1-3H3,(H,11,13). The van der Waals surface area contributed by atoms with Gasteiger partial charge in [0.05, 0.1) is 6.04 Å². The van der Waals surface area contributed by atoms with Crippen molar-refractivity contribution in [2.24, 2.45) is 0 Å². The molecule has 13 heavy (non-hydrogen) atoms. The van der Waals surface area contributed by atoms with Crippen molar-refractivity contribution in [2.45, 2.75) is 39.2 Å². The van der Waals surface area contributed by atoms with Crippen LogP contribution in [0.4, 0.5) is 4.79 Å². The zero-order valence-corrected chi connectivity index (χ0v) is 8.63. The average Bonchev–Trinajstić information content (AvgIpc) is 2.11. The summed E-state index contributed by atoms with van der Waals surface area (Å²) in [6.07, 6.45) is 5.11. The van der Waals surface area contributed by atoms with E-state index in [0.717, 1.165) is 19.3 Å². The Hall–Kier alpha value is -0.990. The summed E-state index contributed by atoms with van der Waals surface area (Å²) < 4.78 is 0. The summed E-state index contributed by atoms with van der Waals surface area (Å²) in [5.74, 6) is 0. The fourth-order valence-corrected chi connectivity index (χ4v) is 1.62. The molecule has 0 fully saturated rings.